The van der Waals surface area contributed by atoms with Crippen LogP contribution in [0, 0.1) is 0 Å². The molecular formula is C8H6Cl2N4O2S. The second kappa shape index (κ2) is 4.52. The van der Waals surface area contributed by atoms with Gasteiger partial charge in [0.1, 0.15) is 6.33 Å². The zero-order valence-corrected chi connectivity index (χ0v) is 10.5. The van der Waals surface area contributed by atoms with Crippen LogP contribution < -0.4 is 4.72 Å². The van der Waals surface area contributed by atoms with E-state index in [1.54, 1.807) is 0 Å². The number of rotatable bonds is 3. The van der Waals surface area contributed by atoms with Gasteiger partial charge in [0.15, 0.2) is 0 Å². The van der Waals surface area contributed by atoms with Gasteiger partial charge in [0.25, 0.3) is 10.0 Å². The predicted molar refractivity (Wildman–Crippen MR) is 63.7 cm³/mol. The number of nitrogens with zero attached hydrogens (tertiary/aromatic N) is 2. The number of nitrogens with one attached hydrogen (secondary N) is 2. The lowest BCUT2D eigenvalue weighted by molar-refractivity contribution is 0.601. The van der Waals surface area contributed by atoms with Crippen LogP contribution >= 0.6 is 23.2 Å². The molecule has 0 unspecified atom stereocenters. The van der Waals surface area contributed by atoms with Crippen molar-refractivity contribution in [2.75, 3.05) is 4.72 Å². The molecule has 0 spiro atoms. The molecule has 2 N–H and O–H groups in total. The van der Waals surface area contributed by atoms with Gasteiger partial charge < -0.3 is 0 Å². The van der Waals surface area contributed by atoms with Crippen LogP contribution in [0.4, 0.5) is 5.95 Å². The summed E-state index contributed by atoms with van der Waals surface area (Å²) in [6.07, 6.45) is 1.18. The van der Waals surface area contributed by atoms with Gasteiger partial charge in [-0.3, -0.25) is 0 Å². The van der Waals surface area contributed by atoms with E-state index in [1.165, 1.54) is 24.5 Å². The van der Waals surface area contributed by atoms with Crippen molar-refractivity contribution in [3.05, 3.63) is 34.6 Å². The molecule has 9 heteroatoms. The summed E-state index contributed by atoms with van der Waals surface area (Å²) in [5, 5.41) is 6.36. The normalized spacial score (nSPS) is 11.4. The number of H-pyrrole nitrogens is 1. The Morgan fingerprint density at radius 2 is 1.82 bits per heavy atom. The number of aromatic amines is 1. The molecule has 0 radical (unpaired) electrons. The van der Waals surface area contributed by atoms with E-state index in [0.29, 0.717) is 0 Å². The number of anilines is 1. The first-order chi connectivity index (χ1) is 7.97. The summed E-state index contributed by atoms with van der Waals surface area (Å²) in [4.78, 5) is 3.60. The molecule has 0 amide bonds. The molecule has 6 nitrogen and oxygen atoms in total. The van der Waals surface area contributed by atoms with Gasteiger partial charge in [-0.2, -0.15) is 10.1 Å². The third-order valence-corrected chi connectivity index (χ3v) is 3.55. The van der Waals surface area contributed by atoms with Crippen molar-refractivity contribution in [1.29, 1.82) is 0 Å². The summed E-state index contributed by atoms with van der Waals surface area (Å²) < 4.78 is 26.0. The summed E-state index contributed by atoms with van der Waals surface area (Å²) in [6, 6.07) is 4.01. The van der Waals surface area contributed by atoms with Gasteiger partial charge >= 0.3 is 0 Å². The lowest BCUT2D eigenvalue weighted by atomic mass is 10.4. The van der Waals surface area contributed by atoms with Gasteiger partial charge in [-0.1, -0.05) is 23.2 Å². The van der Waals surface area contributed by atoms with Gasteiger partial charge in [0.2, 0.25) is 5.95 Å². The van der Waals surface area contributed by atoms with E-state index in [4.69, 9.17) is 23.2 Å². The fourth-order valence-corrected chi connectivity index (χ4v) is 2.81. The summed E-state index contributed by atoms with van der Waals surface area (Å²) in [5.41, 5.74) is 0. The third-order valence-electron chi connectivity index (χ3n) is 1.79. The number of halogens is 2. The van der Waals surface area contributed by atoms with Gasteiger partial charge in [-0.25, -0.2) is 18.2 Å². The highest BCUT2D eigenvalue weighted by Gasteiger charge is 2.16. The Bertz CT molecular complexity index is 607. The predicted octanol–water partition coefficient (Wildman–Crippen LogP) is 1.91. The maximum Gasteiger partial charge on any atom is 0.264 e. The van der Waals surface area contributed by atoms with Crippen LogP contribution in [0.1, 0.15) is 0 Å². The minimum atomic E-state index is -3.78. The van der Waals surface area contributed by atoms with Crippen molar-refractivity contribution >= 4 is 39.2 Å². The highest BCUT2D eigenvalue weighted by atomic mass is 35.5. The quantitative estimate of drug-likeness (QED) is 0.904. The van der Waals surface area contributed by atoms with E-state index < -0.39 is 10.0 Å². The van der Waals surface area contributed by atoms with Gasteiger partial charge in [0, 0.05) is 10.0 Å². The van der Waals surface area contributed by atoms with Crippen LogP contribution in [-0.4, -0.2) is 23.6 Å². The monoisotopic (exact) mass is 292 g/mol. The largest absolute Gasteiger partial charge is 0.264 e. The Morgan fingerprint density at radius 3 is 2.35 bits per heavy atom. The van der Waals surface area contributed by atoms with Gasteiger partial charge in [0.05, 0.1) is 4.90 Å². The Kier molecular flexibility index (Phi) is 3.23. The van der Waals surface area contributed by atoms with Crippen LogP contribution in [0.25, 0.3) is 0 Å². The van der Waals surface area contributed by atoms with Crippen molar-refractivity contribution in [3.63, 3.8) is 0 Å². The molecule has 2 rings (SSSR count). The van der Waals surface area contributed by atoms with Crippen molar-refractivity contribution in [2.24, 2.45) is 0 Å². The molecule has 0 saturated carbocycles. The van der Waals surface area contributed by atoms with E-state index in [9.17, 15) is 8.42 Å². The molecule has 0 fully saturated rings. The minimum Gasteiger partial charge on any atom is -0.248 e. The Labute approximate surface area is 107 Å². The van der Waals surface area contributed by atoms with Crippen molar-refractivity contribution in [2.45, 2.75) is 4.90 Å². The standard InChI is InChI=1S/C8H6Cl2N4O2S/c9-5-1-6(10)3-7(2-5)17(15,16)14-8-11-4-12-13-8/h1-4H,(H2,11,12,13,14). The smallest absolute Gasteiger partial charge is 0.248 e. The molecular weight excluding hydrogens is 287 g/mol. The minimum absolute atomic E-state index is 0.0149. The molecule has 1 heterocycles. The molecule has 2 aromatic rings. The highest BCUT2D eigenvalue weighted by molar-refractivity contribution is 7.92. The van der Waals surface area contributed by atoms with E-state index in [2.05, 4.69) is 19.9 Å². The van der Waals surface area contributed by atoms with E-state index in [-0.39, 0.29) is 20.9 Å². The Hall–Kier alpha value is -1.31. The van der Waals surface area contributed by atoms with Gasteiger partial charge in [-0.15, -0.1) is 0 Å². The van der Waals surface area contributed by atoms with Crippen LogP contribution in [0.2, 0.25) is 10.0 Å². The maximum atomic E-state index is 11.9. The third kappa shape index (κ3) is 2.87. The first kappa shape index (κ1) is 12.2. The topological polar surface area (TPSA) is 87.7 Å². The van der Waals surface area contributed by atoms with Crippen LogP contribution in [-0.2, 0) is 10.0 Å². The number of benzene rings is 1. The lowest BCUT2D eigenvalue weighted by Crippen LogP contribution is -2.14. The highest BCUT2D eigenvalue weighted by Crippen LogP contribution is 2.23. The molecule has 1 aromatic carbocycles. The first-order valence-electron chi connectivity index (χ1n) is 4.32. The number of hydrogen-bond donors (Lipinski definition) is 2. The molecule has 0 aliphatic carbocycles. The van der Waals surface area contributed by atoms with E-state index in [0.717, 1.165) is 0 Å². The molecule has 0 atom stereocenters. The fraction of sp³-hybridized carbons (Fsp3) is 0. The first-order valence-corrected chi connectivity index (χ1v) is 6.55. The lowest BCUT2D eigenvalue weighted by Gasteiger charge is -2.05. The molecule has 90 valence electrons. The molecule has 0 aliphatic heterocycles. The average molecular weight is 293 g/mol. The van der Waals surface area contributed by atoms with Crippen LogP contribution in [0.15, 0.2) is 29.4 Å². The second-order valence-corrected chi connectivity index (χ2v) is 5.60. The van der Waals surface area contributed by atoms with Crippen LogP contribution in [0.5, 0.6) is 0 Å². The Morgan fingerprint density at radius 1 is 1.18 bits per heavy atom. The SMILES string of the molecule is O=S(=O)(Nc1ncn[nH]1)c1cc(Cl)cc(Cl)c1. The maximum absolute atomic E-state index is 11.9. The molecule has 0 saturated heterocycles. The van der Waals surface area contributed by atoms with Gasteiger partial charge in [-0.05, 0) is 18.2 Å². The molecule has 0 bridgehead atoms. The molecule has 0 aliphatic rings. The second-order valence-electron chi connectivity index (χ2n) is 3.04. The fourth-order valence-electron chi connectivity index (χ4n) is 1.12. The van der Waals surface area contributed by atoms with E-state index >= 15 is 0 Å². The zero-order valence-electron chi connectivity index (χ0n) is 8.18. The Balaban J connectivity index is 2.38. The number of hydrogen-bond acceptors (Lipinski definition) is 4. The number of sulfonamides is 1. The summed E-state index contributed by atoms with van der Waals surface area (Å²) in [6.45, 7) is 0. The van der Waals surface area contributed by atoms with E-state index in [1.807, 2.05) is 0 Å². The molecule has 1 aromatic heterocycles. The number of aromatic nitrogens is 3. The molecule has 17 heavy (non-hydrogen) atoms. The zero-order chi connectivity index (χ0) is 12.5. The van der Waals surface area contributed by atoms with Crippen LogP contribution in [0.3, 0.4) is 0 Å². The summed E-state index contributed by atoms with van der Waals surface area (Å²) >= 11 is 11.5. The van der Waals surface area contributed by atoms with Crippen molar-refractivity contribution < 1.29 is 8.42 Å². The van der Waals surface area contributed by atoms with Crippen molar-refractivity contribution in [3.8, 4) is 0 Å². The summed E-state index contributed by atoms with van der Waals surface area (Å²) in [5.74, 6) is 0.0149. The van der Waals surface area contributed by atoms with Crippen molar-refractivity contribution in [1.82, 2.24) is 15.2 Å². The summed E-state index contributed by atoms with van der Waals surface area (Å²) in [7, 11) is -3.78. The average Bonchev–Trinajstić information content (AvgIpc) is 2.68.